The minimum Gasteiger partial charge on any atom is -0.497 e. The van der Waals surface area contributed by atoms with Crippen LogP contribution in [-0.4, -0.2) is 89.6 Å². The maximum absolute atomic E-state index is 12.5. The van der Waals surface area contributed by atoms with Crippen LogP contribution in [0.4, 0.5) is 0 Å². The molecular weight excluding hydrogens is 761 g/mol. The normalized spacial score (nSPS) is 12.7. The summed E-state index contributed by atoms with van der Waals surface area (Å²) in [5.74, 6) is 2.74. The van der Waals surface area contributed by atoms with Crippen LogP contribution in [0, 0.1) is 0 Å². The molecule has 3 aromatic carbocycles. The van der Waals surface area contributed by atoms with Gasteiger partial charge in [0.15, 0.2) is 0 Å². The first kappa shape index (κ1) is 42.3. The van der Waals surface area contributed by atoms with Crippen LogP contribution in [0.25, 0.3) is 24.3 Å². The van der Waals surface area contributed by atoms with Crippen LogP contribution >= 0.6 is 23.5 Å². The number of H-pyrrole nitrogens is 4. The topological polar surface area (TPSA) is 160 Å². The van der Waals surface area contributed by atoms with E-state index in [0.717, 1.165) is 47.0 Å². The zero-order chi connectivity index (χ0) is 40.7. The average Bonchev–Trinajstić information content (AvgIpc) is 3.70. The van der Waals surface area contributed by atoms with Crippen molar-refractivity contribution in [3.05, 3.63) is 176 Å². The van der Waals surface area contributed by atoms with Crippen molar-refractivity contribution in [2.45, 2.75) is 9.79 Å². The SMILES string of the molecule is CN(C)CCSc1ccc(/C=c2\[nH]c(=O)/c(=C/c3ccoc3)[nH]c2=O)cc1.COc1ccc(/C=c2\[nH]c(=O)/c(=C/c3ccc(SCCN(C)C)cc3)[nH]c2=O)cc1. The van der Waals surface area contributed by atoms with Crippen LogP contribution < -0.4 is 48.4 Å². The summed E-state index contributed by atoms with van der Waals surface area (Å²) in [5, 5.41) is 0.832. The molecule has 6 aromatic rings. The molecule has 0 bridgehead atoms. The van der Waals surface area contributed by atoms with Crippen molar-refractivity contribution in [1.29, 1.82) is 0 Å². The Kier molecular flexibility index (Phi) is 15.5. The molecular formula is C43H46N6O6S2. The second kappa shape index (κ2) is 20.9. The number of furan rings is 1. The zero-order valence-corrected chi connectivity index (χ0v) is 34.1. The Hall–Kier alpha value is -5.80. The predicted octanol–water partition coefficient (Wildman–Crippen LogP) is 2.35. The fourth-order valence-corrected chi connectivity index (χ4v) is 7.17. The maximum Gasteiger partial charge on any atom is 0.272 e. The second-order valence-electron chi connectivity index (χ2n) is 13.3. The molecule has 0 aliphatic rings. The zero-order valence-electron chi connectivity index (χ0n) is 32.5. The number of nitrogens with zero attached hydrogens (tertiary/aromatic N) is 2. The van der Waals surface area contributed by atoms with Gasteiger partial charge in [0.25, 0.3) is 22.2 Å². The Labute approximate surface area is 337 Å². The average molecular weight is 807 g/mol. The number of hydrogen-bond acceptors (Lipinski definition) is 10. The van der Waals surface area contributed by atoms with Crippen LogP contribution in [0.1, 0.15) is 22.3 Å². The van der Waals surface area contributed by atoms with Gasteiger partial charge in [-0.3, -0.25) is 19.2 Å². The van der Waals surface area contributed by atoms with E-state index < -0.39 is 0 Å². The standard InChI is InChI=1S/C23H25N3O3S.C20H21N3O3S/c1-26(2)12-13-30-19-10-6-17(7-11-19)15-21-23(28)24-20(22(27)25-21)14-16-4-8-18(29-3)9-5-16;1-23(2)8-10-27-16-5-3-14(4-6-16)11-17-19(24)22-18(20(25)21-17)12-15-7-9-26-13-15/h4-11,14-15H,12-13H2,1-3H3,(H,24,28)(H,25,27);3-7,9,11-13H,8,10H2,1-2H3,(H,21,25)(H,22,24)/b20-14-,21-15-;17-11-,18-12-. The Morgan fingerprint density at radius 2 is 0.877 bits per heavy atom. The van der Waals surface area contributed by atoms with Crippen molar-refractivity contribution in [3.8, 4) is 5.75 Å². The summed E-state index contributed by atoms with van der Waals surface area (Å²) < 4.78 is 10.1. The minimum absolute atomic E-state index is 0.186. The predicted molar refractivity (Wildman–Crippen MR) is 231 cm³/mol. The lowest BCUT2D eigenvalue weighted by molar-refractivity contribution is 0.415. The molecule has 57 heavy (non-hydrogen) atoms. The van der Waals surface area contributed by atoms with Crippen LogP contribution in [0.3, 0.4) is 0 Å². The number of ether oxygens (including phenoxy) is 1. The van der Waals surface area contributed by atoms with Gasteiger partial charge >= 0.3 is 0 Å². The van der Waals surface area contributed by atoms with Crippen LogP contribution in [-0.2, 0) is 0 Å². The molecule has 3 aromatic heterocycles. The fourth-order valence-electron chi connectivity index (χ4n) is 5.13. The van der Waals surface area contributed by atoms with E-state index in [9.17, 15) is 19.2 Å². The molecule has 0 aliphatic carbocycles. The monoisotopic (exact) mass is 806 g/mol. The van der Waals surface area contributed by atoms with E-state index in [0.29, 0.717) is 5.56 Å². The third-order valence-electron chi connectivity index (χ3n) is 8.25. The van der Waals surface area contributed by atoms with Crippen molar-refractivity contribution in [3.63, 3.8) is 0 Å². The Morgan fingerprint density at radius 1 is 0.526 bits per heavy atom. The minimum atomic E-state index is -0.363. The molecule has 296 valence electrons. The lowest BCUT2D eigenvalue weighted by Gasteiger charge is -2.08. The summed E-state index contributed by atoms with van der Waals surface area (Å²) in [5.41, 5.74) is 1.77. The van der Waals surface area contributed by atoms with Gasteiger partial charge in [0, 0.05) is 39.9 Å². The van der Waals surface area contributed by atoms with Gasteiger partial charge in [0.2, 0.25) is 0 Å². The van der Waals surface area contributed by atoms with Gasteiger partial charge in [-0.25, -0.2) is 0 Å². The highest BCUT2D eigenvalue weighted by Gasteiger charge is 2.02. The van der Waals surface area contributed by atoms with Crippen LogP contribution in [0.15, 0.2) is 125 Å². The first-order valence-corrected chi connectivity index (χ1v) is 20.0. The van der Waals surface area contributed by atoms with E-state index in [1.165, 1.54) is 22.3 Å². The molecule has 14 heteroatoms. The fraction of sp³-hybridized carbons (Fsp3) is 0.209. The lowest BCUT2D eigenvalue weighted by atomic mass is 10.2. The molecule has 0 spiro atoms. The molecule has 0 radical (unpaired) electrons. The Bertz CT molecular complexity index is 2700. The number of aromatic nitrogens is 4. The quantitative estimate of drug-likeness (QED) is 0.128. The lowest BCUT2D eigenvalue weighted by Crippen LogP contribution is -2.46. The number of methoxy groups -OCH3 is 1. The number of rotatable bonds is 13. The molecule has 0 atom stereocenters. The molecule has 0 unspecified atom stereocenters. The van der Waals surface area contributed by atoms with Gasteiger partial charge in [0.05, 0.1) is 19.6 Å². The highest BCUT2D eigenvalue weighted by Crippen LogP contribution is 2.19. The van der Waals surface area contributed by atoms with E-state index in [1.54, 1.807) is 73.1 Å². The van der Waals surface area contributed by atoms with Crippen molar-refractivity contribution in [2.75, 3.05) is 59.9 Å². The maximum atomic E-state index is 12.5. The van der Waals surface area contributed by atoms with Crippen molar-refractivity contribution >= 4 is 47.8 Å². The molecule has 3 heterocycles. The number of thioether (sulfide) groups is 2. The van der Waals surface area contributed by atoms with Gasteiger partial charge in [-0.1, -0.05) is 36.4 Å². The summed E-state index contributed by atoms with van der Waals surface area (Å²) in [6.45, 7) is 2.02. The van der Waals surface area contributed by atoms with Gasteiger partial charge < -0.3 is 38.9 Å². The summed E-state index contributed by atoms with van der Waals surface area (Å²) in [7, 11) is 9.80. The van der Waals surface area contributed by atoms with Crippen molar-refractivity contribution < 1.29 is 9.15 Å². The number of nitrogens with one attached hydrogen (secondary N) is 4. The third-order valence-corrected chi connectivity index (χ3v) is 10.2. The highest BCUT2D eigenvalue weighted by molar-refractivity contribution is 7.99. The number of aromatic amines is 4. The number of hydrogen-bond donors (Lipinski definition) is 4. The molecule has 6 rings (SSSR count). The van der Waals surface area contributed by atoms with Gasteiger partial charge in [-0.2, -0.15) is 0 Å². The largest absolute Gasteiger partial charge is 0.497 e. The van der Waals surface area contributed by atoms with E-state index in [4.69, 9.17) is 9.15 Å². The summed E-state index contributed by atoms with van der Waals surface area (Å²) in [6.07, 6.45) is 9.52. The summed E-state index contributed by atoms with van der Waals surface area (Å²) in [4.78, 5) is 66.6. The Morgan fingerprint density at radius 3 is 1.19 bits per heavy atom. The molecule has 0 saturated heterocycles. The van der Waals surface area contributed by atoms with Crippen molar-refractivity contribution in [1.82, 2.24) is 29.7 Å². The van der Waals surface area contributed by atoms with Crippen LogP contribution in [0.2, 0.25) is 0 Å². The third kappa shape index (κ3) is 13.4. The van der Waals surface area contributed by atoms with Crippen molar-refractivity contribution in [2.24, 2.45) is 0 Å². The first-order chi connectivity index (χ1) is 27.4. The van der Waals surface area contributed by atoms with E-state index in [-0.39, 0.29) is 43.6 Å². The smallest absolute Gasteiger partial charge is 0.272 e. The summed E-state index contributed by atoms with van der Waals surface area (Å²) in [6, 6.07) is 24.7. The first-order valence-electron chi connectivity index (χ1n) is 18.0. The van der Waals surface area contributed by atoms with Gasteiger partial charge in [0.1, 0.15) is 27.1 Å². The molecule has 4 N–H and O–H groups in total. The molecule has 0 saturated carbocycles. The van der Waals surface area contributed by atoms with E-state index >= 15 is 0 Å². The summed E-state index contributed by atoms with van der Waals surface area (Å²) >= 11 is 3.56. The molecule has 12 nitrogen and oxygen atoms in total. The van der Waals surface area contributed by atoms with E-state index in [1.807, 2.05) is 60.7 Å². The second-order valence-corrected chi connectivity index (χ2v) is 15.7. The molecule has 0 fully saturated rings. The molecule has 0 aliphatic heterocycles. The van der Waals surface area contributed by atoms with Crippen LogP contribution in [0.5, 0.6) is 5.75 Å². The van der Waals surface area contributed by atoms with Gasteiger partial charge in [-0.05, 0) is 112 Å². The molecule has 0 amide bonds. The number of benzene rings is 3. The van der Waals surface area contributed by atoms with E-state index in [2.05, 4.69) is 57.9 Å². The Balaban J connectivity index is 0.000000219. The highest BCUT2D eigenvalue weighted by atomic mass is 32.2. The van der Waals surface area contributed by atoms with Gasteiger partial charge in [-0.15, -0.1) is 23.5 Å².